The number of fused-ring (bicyclic) bond motifs is 2. The molecule has 1 fully saturated rings. The molecule has 0 N–H and O–H groups in total. The van der Waals surface area contributed by atoms with Gasteiger partial charge in [0.25, 0.3) is 0 Å². The van der Waals surface area contributed by atoms with E-state index in [1.54, 1.807) is 0 Å². The minimum absolute atomic E-state index is 0.316. The molecule has 0 spiro atoms. The maximum Gasteiger partial charge on any atom is 0.222 e. The summed E-state index contributed by atoms with van der Waals surface area (Å²) in [5.74, 6) is 0. The van der Waals surface area contributed by atoms with E-state index in [4.69, 9.17) is 11.6 Å². The largest absolute Gasteiger partial charge is 0.289 e. The molecule has 3 nitrogen and oxygen atoms in total. The SMILES string of the molecule is Clc1ncc(C2=CC3CCCC(C2)N3Cc2ccccc2)cn1. The molecule has 1 saturated heterocycles. The molecule has 0 radical (unpaired) electrons. The maximum absolute atomic E-state index is 5.81. The highest BCUT2D eigenvalue weighted by molar-refractivity contribution is 6.28. The molecule has 2 aliphatic heterocycles. The van der Waals surface area contributed by atoms with E-state index in [0.29, 0.717) is 17.4 Å². The first kappa shape index (κ1) is 14.9. The highest BCUT2D eigenvalue weighted by Gasteiger charge is 2.34. The van der Waals surface area contributed by atoms with Crippen molar-refractivity contribution in [1.82, 2.24) is 14.9 Å². The van der Waals surface area contributed by atoms with Gasteiger partial charge in [0, 0.05) is 36.6 Å². The lowest BCUT2D eigenvalue weighted by atomic mass is 9.83. The van der Waals surface area contributed by atoms with Crippen molar-refractivity contribution < 1.29 is 0 Å². The Balaban J connectivity index is 1.59. The Morgan fingerprint density at radius 1 is 1.09 bits per heavy atom. The van der Waals surface area contributed by atoms with Crippen LogP contribution in [0, 0.1) is 0 Å². The van der Waals surface area contributed by atoms with Gasteiger partial charge in [-0.25, -0.2) is 9.97 Å². The van der Waals surface area contributed by atoms with Crippen LogP contribution in [0.1, 0.15) is 36.8 Å². The van der Waals surface area contributed by atoms with Gasteiger partial charge in [0.1, 0.15) is 0 Å². The Hall–Kier alpha value is -1.71. The van der Waals surface area contributed by atoms with E-state index >= 15 is 0 Å². The van der Waals surface area contributed by atoms with Crippen molar-refractivity contribution in [2.45, 2.75) is 44.3 Å². The average Bonchev–Trinajstić information content (AvgIpc) is 2.56. The van der Waals surface area contributed by atoms with Crippen molar-refractivity contribution in [2.75, 3.05) is 0 Å². The number of hydrogen-bond acceptors (Lipinski definition) is 3. The van der Waals surface area contributed by atoms with Gasteiger partial charge >= 0.3 is 0 Å². The van der Waals surface area contributed by atoms with E-state index in [1.807, 2.05) is 12.4 Å². The Labute approximate surface area is 142 Å². The highest BCUT2D eigenvalue weighted by atomic mass is 35.5. The molecular formula is C19H20ClN3. The second-order valence-corrected chi connectivity index (χ2v) is 6.78. The molecule has 2 atom stereocenters. The molecule has 0 saturated carbocycles. The average molecular weight is 326 g/mol. The van der Waals surface area contributed by atoms with Gasteiger partial charge in [-0.2, -0.15) is 0 Å². The molecule has 0 aliphatic carbocycles. The van der Waals surface area contributed by atoms with Crippen LogP contribution in [-0.2, 0) is 6.54 Å². The fourth-order valence-corrected chi connectivity index (χ4v) is 3.95. The zero-order valence-electron chi connectivity index (χ0n) is 13.0. The number of aromatic nitrogens is 2. The second kappa shape index (κ2) is 6.42. The maximum atomic E-state index is 5.81. The number of hydrogen-bond donors (Lipinski definition) is 0. The Morgan fingerprint density at radius 2 is 1.87 bits per heavy atom. The van der Waals surface area contributed by atoms with Gasteiger partial charge in [-0.1, -0.05) is 42.8 Å². The van der Waals surface area contributed by atoms with E-state index in [1.165, 1.54) is 30.4 Å². The smallest absolute Gasteiger partial charge is 0.222 e. The van der Waals surface area contributed by atoms with Crippen LogP contribution in [0.5, 0.6) is 0 Å². The Bertz CT molecular complexity index is 696. The topological polar surface area (TPSA) is 29.0 Å². The summed E-state index contributed by atoms with van der Waals surface area (Å²) in [4.78, 5) is 10.9. The molecule has 23 heavy (non-hydrogen) atoms. The second-order valence-electron chi connectivity index (χ2n) is 6.45. The molecule has 118 valence electrons. The van der Waals surface area contributed by atoms with Gasteiger partial charge in [0.05, 0.1) is 0 Å². The van der Waals surface area contributed by atoms with Gasteiger partial charge in [-0.3, -0.25) is 4.90 Å². The molecule has 2 aromatic rings. The van der Waals surface area contributed by atoms with Crippen LogP contribution in [-0.4, -0.2) is 27.0 Å². The van der Waals surface area contributed by atoms with Gasteiger partial charge < -0.3 is 0 Å². The van der Waals surface area contributed by atoms with E-state index < -0.39 is 0 Å². The van der Waals surface area contributed by atoms with E-state index in [9.17, 15) is 0 Å². The van der Waals surface area contributed by atoms with Gasteiger partial charge in [-0.05, 0) is 42.0 Å². The van der Waals surface area contributed by atoms with E-state index in [0.717, 1.165) is 18.5 Å². The predicted octanol–water partition coefficient (Wildman–Crippen LogP) is 4.34. The molecule has 3 heterocycles. The summed E-state index contributed by atoms with van der Waals surface area (Å²) in [5.41, 5.74) is 3.89. The number of nitrogens with zero attached hydrogens (tertiary/aromatic N) is 3. The molecular weight excluding hydrogens is 306 g/mol. The van der Waals surface area contributed by atoms with Crippen molar-refractivity contribution in [1.29, 1.82) is 0 Å². The van der Waals surface area contributed by atoms with E-state index in [2.05, 4.69) is 51.3 Å². The van der Waals surface area contributed by atoms with Crippen molar-refractivity contribution in [3.05, 3.63) is 65.2 Å². The molecule has 0 amide bonds. The first-order chi connectivity index (χ1) is 11.3. The molecule has 2 bridgehead atoms. The summed E-state index contributed by atoms with van der Waals surface area (Å²) in [5, 5.41) is 0.316. The lowest BCUT2D eigenvalue weighted by Crippen LogP contribution is -2.47. The van der Waals surface area contributed by atoms with Crippen LogP contribution in [0.3, 0.4) is 0 Å². The molecule has 2 unspecified atom stereocenters. The minimum Gasteiger partial charge on any atom is -0.289 e. The van der Waals surface area contributed by atoms with Crippen LogP contribution >= 0.6 is 11.6 Å². The lowest BCUT2D eigenvalue weighted by Gasteiger charge is -2.45. The number of piperidine rings is 1. The predicted molar refractivity (Wildman–Crippen MR) is 93.0 cm³/mol. The standard InChI is InChI=1S/C19H20ClN3/c20-19-21-11-16(12-22-19)15-9-17-7-4-8-18(10-15)23(17)13-14-5-2-1-3-6-14/h1-3,5-6,9,11-12,17-18H,4,7-8,10,13H2. The highest BCUT2D eigenvalue weighted by Crippen LogP contribution is 2.37. The summed E-state index contributed by atoms with van der Waals surface area (Å²) in [6, 6.07) is 11.9. The van der Waals surface area contributed by atoms with Crippen molar-refractivity contribution in [2.24, 2.45) is 0 Å². The zero-order valence-corrected chi connectivity index (χ0v) is 13.8. The van der Waals surface area contributed by atoms with Crippen LogP contribution in [0.15, 0.2) is 48.8 Å². The number of halogens is 1. The van der Waals surface area contributed by atoms with Crippen LogP contribution in [0.25, 0.3) is 5.57 Å². The monoisotopic (exact) mass is 325 g/mol. The third-order valence-corrected chi connectivity index (χ3v) is 5.18. The van der Waals surface area contributed by atoms with Crippen LogP contribution < -0.4 is 0 Å². The lowest BCUT2D eigenvalue weighted by molar-refractivity contribution is 0.0951. The summed E-state index contributed by atoms with van der Waals surface area (Å²) < 4.78 is 0. The number of benzene rings is 1. The van der Waals surface area contributed by atoms with Gasteiger partial charge in [-0.15, -0.1) is 0 Å². The van der Waals surface area contributed by atoms with E-state index in [-0.39, 0.29) is 0 Å². The third kappa shape index (κ3) is 3.17. The Kier molecular flexibility index (Phi) is 4.15. The summed E-state index contributed by atoms with van der Waals surface area (Å²) in [6.45, 7) is 1.04. The summed E-state index contributed by atoms with van der Waals surface area (Å²) in [7, 11) is 0. The molecule has 4 rings (SSSR count). The number of rotatable bonds is 3. The van der Waals surface area contributed by atoms with Crippen molar-refractivity contribution >= 4 is 17.2 Å². The summed E-state index contributed by atoms with van der Waals surface area (Å²) >= 11 is 5.81. The first-order valence-corrected chi connectivity index (χ1v) is 8.66. The van der Waals surface area contributed by atoms with Crippen molar-refractivity contribution in [3.8, 4) is 0 Å². The normalized spacial score (nSPS) is 24.3. The fourth-order valence-electron chi connectivity index (χ4n) is 3.85. The molecule has 1 aromatic carbocycles. The van der Waals surface area contributed by atoms with Gasteiger partial charge in [0.2, 0.25) is 5.28 Å². The fraction of sp³-hybridized carbons (Fsp3) is 0.368. The first-order valence-electron chi connectivity index (χ1n) is 8.28. The summed E-state index contributed by atoms with van der Waals surface area (Å²) in [6.07, 6.45) is 11.0. The minimum atomic E-state index is 0.316. The quantitative estimate of drug-likeness (QED) is 0.786. The molecule has 4 heteroatoms. The molecule has 1 aromatic heterocycles. The third-order valence-electron chi connectivity index (χ3n) is 4.98. The van der Waals surface area contributed by atoms with Crippen LogP contribution in [0.2, 0.25) is 5.28 Å². The van der Waals surface area contributed by atoms with Gasteiger partial charge in [0.15, 0.2) is 0 Å². The Morgan fingerprint density at radius 3 is 2.61 bits per heavy atom. The zero-order chi connectivity index (χ0) is 15.6. The van der Waals surface area contributed by atoms with Crippen molar-refractivity contribution in [3.63, 3.8) is 0 Å². The molecule has 2 aliphatic rings. The van der Waals surface area contributed by atoms with Crippen LogP contribution in [0.4, 0.5) is 0 Å².